The lowest BCUT2D eigenvalue weighted by Gasteiger charge is -2.15. The third-order valence-electron chi connectivity index (χ3n) is 3.17. The first-order chi connectivity index (χ1) is 10.2. The summed E-state index contributed by atoms with van der Waals surface area (Å²) < 4.78 is 18.1. The molecule has 6 heteroatoms. The van der Waals surface area contributed by atoms with Crippen molar-refractivity contribution in [3.63, 3.8) is 0 Å². The molecule has 0 fully saturated rings. The molecule has 5 nitrogen and oxygen atoms in total. The lowest BCUT2D eigenvalue weighted by atomic mass is 10.1. The Morgan fingerprint density at radius 1 is 1.29 bits per heavy atom. The zero-order valence-electron chi connectivity index (χ0n) is 12.5. The Kier molecular flexibility index (Phi) is 5.80. The van der Waals surface area contributed by atoms with E-state index >= 15 is 0 Å². The summed E-state index contributed by atoms with van der Waals surface area (Å²) in [6.07, 6.45) is 5.10. The summed E-state index contributed by atoms with van der Waals surface area (Å²) in [7, 11) is 0. The number of halogens is 1. The molecule has 21 heavy (non-hydrogen) atoms. The zero-order valence-corrected chi connectivity index (χ0v) is 12.5. The number of nitrogens with zero attached hydrogens (tertiary/aromatic N) is 3. The van der Waals surface area contributed by atoms with Gasteiger partial charge < -0.3 is 9.84 Å². The summed E-state index contributed by atoms with van der Waals surface area (Å²) in [6, 6.07) is 3.22. The molecule has 0 saturated carbocycles. The van der Waals surface area contributed by atoms with E-state index in [1.807, 2.05) is 0 Å². The molecule has 0 bridgehead atoms. The van der Waals surface area contributed by atoms with Gasteiger partial charge in [-0.25, -0.2) is 9.37 Å². The highest BCUT2D eigenvalue weighted by Gasteiger charge is 2.15. The van der Waals surface area contributed by atoms with Gasteiger partial charge in [-0.15, -0.1) is 0 Å². The van der Waals surface area contributed by atoms with Crippen LogP contribution in [0.3, 0.4) is 0 Å². The maximum atomic E-state index is 12.8. The van der Waals surface area contributed by atoms with E-state index in [9.17, 15) is 4.39 Å². The summed E-state index contributed by atoms with van der Waals surface area (Å²) in [4.78, 5) is 8.29. The van der Waals surface area contributed by atoms with E-state index in [0.717, 1.165) is 32.0 Å². The molecule has 2 heterocycles. The van der Waals surface area contributed by atoms with Crippen molar-refractivity contribution in [1.82, 2.24) is 20.4 Å². The number of pyridine rings is 1. The number of hydrogen-bond donors (Lipinski definition) is 1. The molecule has 0 spiro atoms. The lowest BCUT2D eigenvalue weighted by Crippen LogP contribution is -2.31. The molecule has 0 aromatic carbocycles. The molecule has 114 valence electrons. The van der Waals surface area contributed by atoms with Crippen LogP contribution in [-0.2, 0) is 6.42 Å². The van der Waals surface area contributed by atoms with Crippen molar-refractivity contribution in [2.75, 3.05) is 6.54 Å². The van der Waals surface area contributed by atoms with Crippen molar-refractivity contribution in [2.24, 2.45) is 0 Å². The fraction of sp³-hybridized carbons (Fsp3) is 0.533. The Balaban J connectivity index is 2.02. The van der Waals surface area contributed by atoms with Crippen LogP contribution in [0.1, 0.15) is 39.0 Å². The minimum Gasteiger partial charge on any atom is -0.339 e. The molecule has 2 aromatic rings. The number of nitrogens with one attached hydrogen (secondary N) is 1. The second kappa shape index (κ2) is 7.83. The van der Waals surface area contributed by atoms with E-state index in [1.165, 1.54) is 6.07 Å². The van der Waals surface area contributed by atoms with Gasteiger partial charge in [-0.2, -0.15) is 4.98 Å². The van der Waals surface area contributed by atoms with Crippen LogP contribution in [0.15, 0.2) is 22.9 Å². The molecule has 1 atom stereocenters. The minimum atomic E-state index is -0.380. The van der Waals surface area contributed by atoms with Crippen LogP contribution in [0.4, 0.5) is 4.39 Å². The van der Waals surface area contributed by atoms with Crippen molar-refractivity contribution in [3.8, 4) is 11.5 Å². The first-order valence-corrected chi connectivity index (χ1v) is 7.40. The Hall–Kier alpha value is -1.82. The fourth-order valence-electron chi connectivity index (χ4n) is 2.13. The molecule has 0 radical (unpaired) electrons. The van der Waals surface area contributed by atoms with E-state index in [0.29, 0.717) is 29.9 Å². The van der Waals surface area contributed by atoms with E-state index in [2.05, 4.69) is 34.3 Å². The third-order valence-corrected chi connectivity index (χ3v) is 3.17. The first kappa shape index (κ1) is 15.6. The van der Waals surface area contributed by atoms with Gasteiger partial charge in [-0.05, 0) is 31.5 Å². The summed E-state index contributed by atoms with van der Waals surface area (Å²) in [5, 5.41) is 7.39. The van der Waals surface area contributed by atoms with Gasteiger partial charge in [0.05, 0.1) is 6.20 Å². The molecule has 1 N–H and O–H groups in total. The summed E-state index contributed by atoms with van der Waals surface area (Å²) in [5.41, 5.74) is 0.514. The maximum absolute atomic E-state index is 12.8. The summed E-state index contributed by atoms with van der Waals surface area (Å²) >= 11 is 0. The number of hydrogen-bond acceptors (Lipinski definition) is 5. The Labute approximate surface area is 124 Å². The first-order valence-electron chi connectivity index (χ1n) is 7.40. The van der Waals surface area contributed by atoms with Gasteiger partial charge in [0.2, 0.25) is 11.7 Å². The maximum Gasteiger partial charge on any atom is 0.228 e. The van der Waals surface area contributed by atoms with Crippen LogP contribution < -0.4 is 5.32 Å². The predicted octanol–water partition coefficient (Wildman–Crippen LogP) is 2.98. The average Bonchev–Trinajstić information content (AvgIpc) is 2.94. The summed E-state index contributed by atoms with van der Waals surface area (Å²) in [5.74, 6) is 0.600. The van der Waals surface area contributed by atoms with Gasteiger partial charge in [-0.1, -0.05) is 25.4 Å². The van der Waals surface area contributed by atoms with E-state index in [4.69, 9.17) is 4.52 Å². The fourth-order valence-corrected chi connectivity index (χ4v) is 2.13. The van der Waals surface area contributed by atoms with Crippen LogP contribution in [0.25, 0.3) is 11.5 Å². The molecule has 0 amide bonds. The van der Waals surface area contributed by atoms with Crippen LogP contribution in [0, 0.1) is 5.82 Å². The van der Waals surface area contributed by atoms with Gasteiger partial charge >= 0.3 is 0 Å². The standard InChI is InChI=1S/C15H21FN4O/c1-3-5-12(17-8-4-2)9-14-19-15(20-21-14)13-7-6-11(16)10-18-13/h6-7,10,12,17H,3-5,8-9H2,1-2H3. The van der Waals surface area contributed by atoms with Crippen molar-refractivity contribution in [3.05, 3.63) is 30.0 Å². The largest absolute Gasteiger partial charge is 0.339 e. The molecular weight excluding hydrogens is 271 g/mol. The van der Waals surface area contributed by atoms with Crippen molar-refractivity contribution >= 4 is 0 Å². The van der Waals surface area contributed by atoms with Crippen LogP contribution in [0.5, 0.6) is 0 Å². The third kappa shape index (κ3) is 4.60. The molecule has 0 aliphatic carbocycles. The Bertz CT molecular complexity index is 541. The lowest BCUT2D eigenvalue weighted by molar-refractivity contribution is 0.350. The highest BCUT2D eigenvalue weighted by Crippen LogP contribution is 2.14. The quantitative estimate of drug-likeness (QED) is 0.810. The molecule has 0 aliphatic rings. The number of aromatic nitrogens is 3. The predicted molar refractivity (Wildman–Crippen MR) is 78.2 cm³/mol. The highest BCUT2D eigenvalue weighted by atomic mass is 19.1. The minimum absolute atomic E-state index is 0.337. The highest BCUT2D eigenvalue weighted by molar-refractivity contribution is 5.47. The van der Waals surface area contributed by atoms with Crippen molar-refractivity contribution in [1.29, 1.82) is 0 Å². The van der Waals surface area contributed by atoms with E-state index in [-0.39, 0.29) is 5.82 Å². The normalized spacial score (nSPS) is 12.5. The van der Waals surface area contributed by atoms with Crippen LogP contribution in [-0.4, -0.2) is 27.7 Å². The van der Waals surface area contributed by atoms with E-state index < -0.39 is 0 Å². The number of rotatable bonds is 8. The van der Waals surface area contributed by atoms with Gasteiger partial charge in [0.25, 0.3) is 0 Å². The van der Waals surface area contributed by atoms with Crippen molar-refractivity contribution in [2.45, 2.75) is 45.6 Å². The molecular formula is C15H21FN4O. The smallest absolute Gasteiger partial charge is 0.228 e. The molecule has 2 aromatic heterocycles. The molecule has 0 saturated heterocycles. The second-order valence-corrected chi connectivity index (χ2v) is 5.02. The monoisotopic (exact) mass is 292 g/mol. The molecule has 2 rings (SSSR count). The Morgan fingerprint density at radius 2 is 2.14 bits per heavy atom. The summed E-state index contributed by atoms with van der Waals surface area (Å²) in [6.45, 7) is 5.27. The molecule has 1 unspecified atom stereocenters. The van der Waals surface area contributed by atoms with Crippen LogP contribution >= 0.6 is 0 Å². The van der Waals surface area contributed by atoms with Crippen molar-refractivity contribution < 1.29 is 8.91 Å². The zero-order chi connectivity index (χ0) is 15.1. The van der Waals surface area contributed by atoms with E-state index in [1.54, 1.807) is 6.07 Å². The second-order valence-electron chi connectivity index (χ2n) is 5.02. The van der Waals surface area contributed by atoms with Gasteiger partial charge in [-0.3, -0.25) is 0 Å². The van der Waals surface area contributed by atoms with Gasteiger partial charge in [0, 0.05) is 12.5 Å². The molecule has 0 aliphatic heterocycles. The van der Waals surface area contributed by atoms with Crippen LogP contribution in [0.2, 0.25) is 0 Å². The SMILES string of the molecule is CCCNC(CCC)Cc1nc(-c2ccc(F)cn2)no1. The van der Waals surface area contributed by atoms with Gasteiger partial charge in [0.15, 0.2) is 0 Å². The van der Waals surface area contributed by atoms with Gasteiger partial charge in [0.1, 0.15) is 11.5 Å². The Morgan fingerprint density at radius 3 is 2.81 bits per heavy atom. The average molecular weight is 292 g/mol. The topological polar surface area (TPSA) is 63.8 Å².